The van der Waals surface area contributed by atoms with Gasteiger partial charge in [0, 0.05) is 11.8 Å². The number of fused-ring (bicyclic) bond motifs is 1. The van der Waals surface area contributed by atoms with Crippen LogP contribution in [0.15, 0.2) is 36.4 Å². The van der Waals surface area contributed by atoms with E-state index in [1.165, 1.54) is 6.92 Å². The summed E-state index contributed by atoms with van der Waals surface area (Å²) in [5.74, 6) is 0.378. The number of halogens is 1. The van der Waals surface area contributed by atoms with E-state index < -0.39 is 18.0 Å². The Bertz CT molecular complexity index is 869. The van der Waals surface area contributed by atoms with Crippen LogP contribution >= 0.6 is 11.6 Å². The van der Waals surface area contributed by atoms with Crippen LogP contribution in [-0.2, 0) is 14.3 Å². The van der Waals surface area contributed by atoms with Crippen molar-refractivity contribution in [3.8, 4) is 17.2 Å². The first-order valence-electron chi connectivity index (χ1n) is 8.21. The van der Waals surface area contributed by atoms with Gasteiger partial charge in [0.05, 0.1) is 5.02 Å². The molecule has 0 spiro atoms. The number of ether oxygens (including phenoxy) is 4. The summed E-state index contributed by atoms with van der Waals surface area (Å²) in [6.07, 6.45) is -1.00. The highest BCUT2D eigenvalue weighted by Gasteiger charge is 2.20. The van der Waals surface area contributed by atoms with Gasteiger partial charge in [-0.2, -0.15) is 0 Å². The Kier molecular flexibility index (Phi) is 5.71. The Hall–Kier alpha value is -2.93. The summed E-state index contributed by atoms with van der Waals surface area (Å²) in [5.41, 5.74) is 1.45. The molecular weight excluding hydrogens is 374 g/mol. The Morgan fingerprint density at radius 3 is 2.78 bits per heavy atom. The number of anilines is 1. The Morgan fingerprint density at radius 1 is 1.19 bits per heavy atom. The first kappa shape index (κ1) is 18.8. The predicted octanol–water partition coefficient (Wildman–Crippen LogP) is 3.33. The molecule has 0 fully saturated rings. The van der Waals surface area contributed by atoms with Crippen molar-refractivity contribution >= 4 is 29.2 Å². The molecule has 1 heterocycles. The molecule has 27 heavy (non-hydrogen) atoms. The molecule has 0 aromatic heterocycles. The lowest BCUT2D eigenvalue weighted by Crippen LogP contribution is -2.31. The molecule has 0 unspecified atom stereocenters. The van der Waals surface area contributed by atoms with E-state index in [1.54, 1.807) is 30.3 Å². The Labute approximate surface area is 161 Å². The highest BCUT2D eigenvalue weighted by molar-refractivity contribution is 6.32. The van der Waals surface area contributed by atoms with E-state index in [0.717, 1.165) is 5.56 Å². The second-order valence-electron chi connectivity index (χ2n) is 5.91. The van der Waals surface area contributed by atoms with Gasteiger partial charge in [-0.3, -0.25) is 4.79 Å². The zero-order valence-electron chi connectivity index (χ0n) is 14.8. The van der Waals surface area contributed by atoms with Crippen molar-refractivity contribution in [2.24, 2.45) is 0 Å². The quantitative estimate of drug-likeness (QED) is 0.760. The maximum atomic E-state index is 12.2. The molecule has 1 atom stereocenters. The number of carbonyl (C=O) groups excluding carboxylic acids is 2. The predicted molar refractivity (Wildman–Crippen MR) is 98.4 cm³/mol. The van der Waals surface area contributed by atoms with E-state index in [1.807, 2.05) is 13.0 Å². The van der Waals surface area contributed by atoms with Crippen LogP contribution in [-0.4, -0.2) is 31.4 Å². The molecule has 2 aromatic carbocycles. The van der Waals surface area contributed by atoms with Crippen molar-refractivity contribution in [3.63, 3.8) is 0 Å². The number of benzene rings is 2. The van der Waals surface area contributed by atoms with Gasteiger partial charge in [-0.25, -0.2) is 4.79 Å². The van der Waals surface area contributed by atoms with Crippen molar-refractivity contribution in [1.29, 1.82) is 0 Å². The van der Waals surface area contributed by atoms with E-state index in [9.17, 15) is 9.59 Å². The summed E-state index contributed by atoms with van der Waals surface area (Å²) in [6, 6.07) is 10.2. The molecule has 0 bridgehead atoms. The van der Waals surface area contributed by atoms with Gasteiger partial charge in [-0.15, -0.1) is 0 Å². The average molecular weight is 392 g/mol. The molecule has 1 aliphatic heterocycles. The van der Waals surface area contributed by atoms with E-state index in [2.05, 4.69) is 5.32 Å². The van der Waals surface area contributed by atoms with Crippen molar-refractivity contribution in [3.05, 3.63) is 47.0 Å². The minimum absolute atomic E-state index is 0.145. The van der Waals surface area contributed by atoms with E-state index in [-0.39, 0.29) is 13.4 Å². The fourth-order valence-corrected chi connectivity index (χ4v) is 2.53. The molecule has 0 saturated carbocycles. The van der Waals surface area contributed by atoms with Crippen LogP contribution in [0.5, 0.6) is 17.2 Å². The number of esters is 1. The third kappa shape index (κ3) is 4.83. The minimum atomic E-state index is -1.00. The first-order valence-corrected chi connectivity index (χ1v) is 8.59. The van der Waals surface area contributed by atoms with Crippen LogP contribution in [0.1, 0.15) is 12.5 Å². The van der Waals surface area contributed by atoms with Gasteiger partial charge in [-0.1, -0.05) is 17.7 Å². The fraction of sp³-hybridized carbons (Fsp3) is 0.263. The molecule has 0 radical (unpaired) electrons. The van der Waals surface area contributed by atoms with Crippen LogP contribution in [0.25, 0.3) is 0 Å². The highest BCUT2D eigenvalue weighted by Crippen LogP contribution is 2.34. The Morgan fingerprint density at radius 2 is 1.96 bits per heavy atom. The molecule has 1 N–H and O–H groups in total. The van der Waals surface area contributed by atoms with E-state index >= 15 is 0 Å². The first-order chi connectivity index (χ1) is 12.9. The second kappa shape index (κ2) is 8.18. The SMILES string of the molecule is Cc1ccc(Cl)c(OCC(=O)O[C@@H](C)C(=O)Nc2ccc3c(c2)OCO3)c1. The lowest BCUT2D eigenvalue weighted by molar-refractivity contribution is -0.155. The van der Waals surface area contributed by atoms with Crippen molar-refractivity contribution in [2.75, 3.05) is 18.7 Å². The van der Waals surface area contributed by atoms with Crippen LogP contribution in [0.3, 0.4) is 0 Å². The number of amides is 1. The molecule has 3 rings (SSSR count). The van der Waals surface area contributed by atoms with Gasteiger partial charge in [0.2, 0.25) is 6.79 Å². The average Bonchev–Trinajstić information content (AvgIpc) is 3.10. The molecule has 2 aromatic rings. The fourth-order valence-electron chi connectivity index (χ4n) is 2.36. The smallest absolute Gasteiger partial charge is 0.344 e. The molecule has 142 valence electrons. The lowest BCUT2D eigenvalue weighted by Gasteiger charge is -2.14. The molecule has 1 amide bonds. The van der Waals surface area contributed by atoms with Crippen molar-refractivity contribution in [2.45, 2.75) is 20.0 Å². The largest absolute Gasteiger partial charge is 0.480 e. The Balaban J connectivity index is 1.50. The van der Waals surface area contributed by atoms with Crippen molar-refractivity contribution < 1.29 is 28.5 Å². The van der Waals surface area contributed by atoms with Gasteiger partial charge in [0.1, 0.15) is 5.75 Å². The summed E-state index contributed by atoms with van der Waals surface area (Å²) in [5, 5.41) is 3.04. The maximum absolute atomic E-state index is 12.2. The van der Waals surface area contributed by atoms with Crippen LogP contribution in [0.4, 0.5) is 5.69 Å². The van der Waals surface area contributed by atoms with Gasteiger partial charge >= 0.3 is 5.97 Å². The van der Waals surface area contributed by atoms with Crippen LogP contribution in [0, 0.1) is 6.92 Å². The van der Waals surface area contributed by atoms with Gasteiger partial charge < -0.3 is 24.3 Å². The molecule has 0 saturated heterocycles. The number of carbonyl (C=O) groups is 2. The zero-order chi connectivity index (χ0) is 19.4. The van der Waals surface area contributed by atoms with Gasteiger partial charge in [0.25, 0.3) is 5.91 Å². The summed E-state index contributed by atoms with van der Waals surface area (Å²) < 4.78 is 20.9. The number of nitrogens with one attached hydrogen (secondary N) is 1. The summed E-state index contributed by atoms with van der Waals surface area (Å²) in [7, 11) is 0. The summed E-state index contributed by atoms with van der Waals surface area (Å²) in [6.45, 7) is 3.14. The summed E-state index contributed by atoms with van der Waals surface area (Å²) in [4.78, 5) is 24.1. The number of hydrogen-bond acceptors (Lipinski definition) is 6. The topological polar surface area (TPSA) is 83.1 Å². The van der Waals surface area contributed by atoms with Crippen molar-refractivity contribution in [1.82, 2.24) is 0 Å². The standard InChI is InChI=1S/C19H18ClNO6/c1-11-3-5-14(20)16(7-11)24-9-18(22)27-12(2)19(23)21-13-4-6-15-17(8-13)26-10-25-15/h3-8,12H,9-10H2,1-2H3,(H,21,23)/t12-/m0/s1. The van der Waals surface area contributed by atoms with Gasteiger partial charge in [-0.05, 0) is 43.7 Å². The molecule has 8 heteroatoms. The maximum Gasteiger partial charge on any atom is 0.344 e. The lowest BCUT2D eigenvalue weighted by atomic mass is 10.2. The van der Waals surface area contributed by atoms with Crippen LogP contribution < -0.4 is 19.5 Å². The molecule has 1 aliphatic rings. The molecule has 0 aliphatic carbocycles. The normalized spacial score (nSPS) is 13.0. The third-order valence-corrected chi connectivity index (χ3v) is 4.06. The van der Waals surface area contributed by atoms with Gasteiger partial charge in [0.15, 0.2) is 24.2 Å². The molecule has 7 nitrogen and oxygen atoms in total. The molecular formula is C19H18ClNO6. The van der Waals surface area contributed by atoms with Crippen LogP contribution in [0.2, 0.25) is 5.02 Å². The number of hydrogen-bond donors (Lipinski definition) is 1. The number of rotatable bonds is 6. The minimum Gasteiger partial charge on any atom is -0.480 e. The number of aryl methyl sites for hydroxylation is 1. The third-order valence-electron chi connectivity index (χ3n) is 3.75. The van der Waals surface area contributed by atoms with E-state index in [4.69, 9.17) is 30.5 Å². The second-order valence-corrected chi connectivity index (χ2v) is 6.32. The monoisotopic (exact) mass is 391 g/mol. The van der Waals surface area contributed by atoms with E-state index in [0.29, 0.717) is 28.0 Å². The summed E-state index contributed by atoms with van der Waals surface area (Å²) >= 11 is 6.01. The zero-order valence-corrected chi connectivity index (χ0v) is 15.5. The highest BCUT2D eigenvalue weighted by atomic mass is 35.5.